The minimum Gasteiger partial charge on any atom is -0.508 e. The van der Waals surface area contributed by atoms with Gasteiger partial charge in [0.25, 0.3) is 0 Å². The highest BCUT2D eigenvalue weighted by Gasteiger charge is 2.19. The lowest BCUT2D eigenvalue weighted by molar-refractivity contribution is 0.249. The number of piperazine rings is 1. The summed E-state index contributed by atoms with van der Waals surface area (Å²) in [6, 6.07) is 21.4. The second-order valence-electron chi connectivity index (χ2n) is 7.99. The van der Waals surface area contributed by atoms with Crippen LogP contribution in [0.2, 0.25) is 0 Å². The highest BCUT2D eigenvalue weighted by Crippen LogP contribution is 2.26. The lowest BCUT2D eigenvalue weighted by atomic mass is 10.0. The Hall–Kier alpha value is -3.64. The Bertz CT molecular complexity index is 1200. The van der Waals surface area contributed by atoms with E-state index >= 15 is 0 Å². The molecule has 2 heterocycles. The van der Waals surface area contributed by atoms with Gasteiger partial charge in [-0.25, -0.2) is 4.98 Å². The molecule has 3 aromatic carbocycles. The Morgan fingerprint density at radius 1 is 0.839 bits per heavy atom. The fraction of sp³-hybridized carbons (Fsp3) is 0.200. The standard InChI is InChI=1S/C25H25N5O/c26-21-3-1-2-18(14-21)17-29-10-12-30(13-11-29)25-16-27-23-9-6-20(15-24(23)28-25)19-4-7-22(31)8-5-19/h1-9,14-16,31H,10-13,17,26H2. The van der Waals surface area contributed by atoms with Gasteiger partial charge in [-0.15, -0.1) is 0 Å². The first-order chi connectivity index (χ1) is 15.1. The number of phenols is 1. The molecular formula is C25H25N5O. The number of phenolic OH excluding ortho intramolecular Hbond substituents is 1. The van der Waals surface area contributed by atoms with E-state index in [4.69, 9.17) is 10.7 Å². The SMILES string of the molecule is Nc1cccc(CN2CCN(c3cnc4ccc(-c5ccc(O)cc5)cc4n3)CC2)c1. The van der Waals surface area contributed by atoms with Gasteiger partial charge in [0.2, 0.25) is 0 Å². The van der Waals surface area contributed by atoms with E-state index in [2.05, 4.69) is 26.9 Å². The summed E-state index contributed by atoms with van der Waals surface area (Å²) in [4.78, 5) is 14.3. The summed E-state index contributed by atoms with van der Waals surface area (Å²) in [6.45, 7) is 4.70. The van der Waals surface area contributed by atoms with Crippen molar-refractivity contribution in [1.29, 1.82) is 0 Å². The normalized spacial score (nSPS) is 14.8. The smallest absolute Gasteiger partial charge is 0.147 e. The van der Waals surface area contributed by atoms with Crippen LogP contribution >= 0.6 is 0 Å². The van der Waals surface area contributed by atoms with Gasteiger partial charge in [0.05, 0.1) is 17.2 Å². The molecule has 6 heteroatoms. The Kier molecular flexibility index (Phi) is 5.14. The average Bonchev–Trinajstić information content (AvgIpc) is 2.79. The predicted octanol–water partition coefficient (Wildman–Crippen LogP) is 3.91. The van der Waals surface area contributed by atoms with Gasteiger partial charge >= 0.3 is 0 Å². The molecular weight excluding hydrogens is 386 g/mol. The van der Waals surface area contributed by atoms with E-state index in [0.29, 0.717) is 0 Å². The van der Waals surface area contributed by atoms with Gasteiger partial charge in [0.15, 0.2) is 0 Å². The first kappa shape index (κ1) is 19.3. The van der Waals surface area contributed by atoms with Crippen molar-refractivity contribution in [2.75, 3.05) is 36.8 Å². The van der Waals surface area contributed by atoms with Crippen molar-refractivity contribution < 1.29 is 5.11 Å². The molecule has 5 rings (SSSR count). The van der Waals surface area contributed by atoms with Gasteiger partial charge in [-0.05, 0) is 53.1 Å². The molecule has 0 atom stereocenters. The van der Waals surface area contributed by atoms with E-state index in [9.17, 15) is 5.11 Å². The topological polar surface area (TPSA) is 78.5 Å². The van der Waals surface area contributed by atoms with Gasteiger partial charge in [0.1, 0.15) is 11.6 Å². The highest BCUT2D eigenvalue weighted by molar-refractivity contribution is 5.82. The summed E-state index contributed by atoms with van der Waals surface area (Å²) in [6.07, 6.45) is 1.87. The zero-order valence-corrected chi connectivity index (χ0v) is 17.3. The maximum atomic E-state index is 9.53. The Morgan fingerprint density at radius 3 is 2.39 bits per heavy atom. The van der Waals surface area contributed by atoms with Crippen molar-refractivity contribution in [3.8, 4) is 16.9 Å². The first-order valence-electron chi connectivity index (χ1n) is 10.5. The first-order valence-corrected chi connectivity index (χ1v) is 10.5. The lowest BCUT2D eigenvalue weighted by Gasteiger charge is -2.35. The van der Waals surface area contributed by atoms with E-state index in [1.807, 2.05) is 48.7 Å². The molecule has 1 saturated heterocycles. The molecule has 3 N–H and O–H groups in total. The zero-order valence-electron chi connectivity index (χ0n) is 17.3. The van der Waals surface area contributed by atoms with Crippen molar-refractivity contribution in [2.45, 2.75) is 6.54 Å². The molecule has 1 aromatic heterocycles. The number of anilines is 2. The number of benzene rings is 3. The van der Waals surface area contributed by atoms with Crippen LogP contribution in [0, 0.1) is 0 Å². The second kappa shape index (κ2) is 8.24. The quantitative estimate of drug-likeness (QED) is 0.496. The van der Waals surface area contributed by atoms with Crippen molar-refractivity contribution in [2.24, 2.45) is 0 Å². The van der Waals surface area contributed by atoms with Gasteiger partial charge in [-0.2, -0.15) is 0 Å². The Balaban J connectivity index is 1.30. The summed E-state index contributed by atoms with van der Waals surface area (Å²) in [5, 5.41) is 9.53. The zero-order chi connectivity index (χ0) is 21.2. The number of hydrogen-bond donors (Lipinski definition) is 2. The fourth-order valence-electron chi connectivity index (χ4n) is 4.07. The number of aromatic nitrogens is 2. The molecule has 0 unspecified atom stereocenters. The van der Waals surface area contributed by atoms with Crippen molar-refractivity contribution in [3.05, 3.63) is 78.5 Å². The second-order valence-corrected chi connectivity index (χ2v) is 7.99. The van der Waals surface area contributed by atoms with Crippen LogP contribution in [0.3, 0.4) is 0 Å². The average molecular weight is 412 g/mol. The number of hydrogen-bond acceptors (Lipinski definition) is 6. The minimum absolute atomic E-state index is 0.265. The third-order valence-corrected chi connectivity index (χ3v) is 5.78. The van der Waals surface area contributed by atoms with Crippen LogP contribution in [0.1, 0.15) is 5.56 Å². The van der Waals surface area contributed by atoms with E-state index in [0.717, 1.165) is 66.4 Å². The largest absolute Gasteiger partial charge is 0.508 e. The molecule has 0 saturated carbocycles. The fourth-order valence-corrected chi connectivity index (χ4v) is 4.07. The molecule has 0 aliphatic carbocycles. The van der Waals surface area contributed by atoms with Gasteiger partial charge < -0.3 is 15.7 Å². The van der Waals surface area contributed by atoms with Crippen LogP contribution in [0.15, 0.2) is 72.9 Å². The minimum atomic E-state index is 0.265. The molecule has 6 nitrogen and oxygen atoms in total. The van der Waals surface area contributed by atoms with E-state index in [1.165, 1.54) is 5.56 Å². The summed E-state index contributed by atoms with van der Waals surface area (Å²) in [5.41, 5.74) is 11.8. The summed E-state index contributed by atoms with van der Waals surface area (Å²) >= 11 is 0. The molecule has 0 spiro atoms. The molecule has 156 valence electrons. The number of fused-ring (bicyclic) bond motifs is 1. The van der Waals surface area contributed by atoms with Crippen molar-refractivity contribution in [3.63, 3.8) is 0 Å². The van der Waals surface area contributed by atoms with Gasteiger partial charge in [0, 0.05) is 38.4 Å². The Labute approximate surface area is 181 Å². The monoisotopic (exact) mass is 411 g/mol. The molecule has 4 aromatic rings. The van der Waals surface area contributed by atoms with Crippen LogP contribution in [-0.4, -0.2) is 46.2 Å². The van der Waals surface area contributed by atoms with E-state index in [-0.39, 0.29) is 5.75 Å². The van der Waals surface area contributed by atoms with Crippen molar-refractivity contribution >= 4 is 22.5 Å². The van der Waals surface area contributed by atoms with Crippen LogP contribution in [0.4, 0.5) is 11.5 Å². The molecule has 1 aliphatic heterocycles. The molecule has 0 amide bonds. The summed E-state index contributed by atoms with van der Waals surface area (Å²) in [5.74, 6) is 1.18. The van der Waals surface area contributed by atoms with Crippen LogP contribution in [0.5, 0.6) is 5.75 Å². The summed E-state index contributed by atoms with van der Waals surface area (Å²) in [7, 11) is 0. The summed E-state index contributed by atoms with van der Waals surface area (Å²) < 4.78 is 0. The predicted molar refractivity (Wildman–Crippen MR) is 125 cm³/mol. The maximum Gasteiger partial charge on any atom is 0.147 e. The highest BCUT2D eigenvalue weighted by atomic mass is 16.3. The third-order valence-electron chi connectivity index (χ3n) is 5.78. The van der Waals surface area contributed by atoms with Gasteiger partial charge in [-0.1, -0.05) is 30.3 Å². The van der Waals surface area contributed by atoms with Crippen LogP contribution in [0.25, 0.3) is 22.2 Å². The van der Waals surface area contributed by atoms with Crippen LogP contribution in [-0.2, 0) is 6.54 Å². The number of nitrogens with two attached hydrogens (primary N) is 1. The maximum absolute atomic E-state index is 9.53. The van der Waals surface area contributed by atoms with Crippen molar-refractivity contribution in [1.82, 2.24) is 14.9 Å². The van der Waals surface area contributed by atoms with Crippen LogP contribution < -0.4 is 10.6 Å². The van der Waals surface area contributed by atoms with Gasteiger partial charge in [-0.3, -0.25) is 9.88 Å². The molecule has 1 fully saturated rings. The third kappa shape index (κ3) is 4.29. The molecule has 0 bridgehead atoms. The van der Waals surface area contributed by atoms with E-state index in [1.54, 1.807) is 12.1 Å². The number of aromatic hydroxyl groups is 1. The Morgan fingerprint density at radius 2 is 1.61 bits per heavy atom. The molecule has 31 heavy (non-hydrogen) atoms. The molecule has 0 radical (unpaired) electrons. The van der Waals surface area contributed by atoms with E-state index < -0.39 is 0 Å². The number of rotatable bonds is 4. The number of nitrogens with zero attached hydrogens (tertiary/aromatic N) is 4. The molecule has 1 aliphatic rings. The lowest BCUT2D eigenvalue weighted by Crippen LogP contribution is -2.46. The number of nitrogen functional groups attached to an aromatic ring is 1.